The molecule has 0 saturated heterocycles. The molecule has 0 fully saturated rings. The molecule has 3 nitrogen and oxygen atoms in total. The van der Waals surface area contributed by atoms with Crippen LogP contribution < -0.4 is 9.80 Å². The van der Waals surface area contributed by atoms with Gasteiger partial charge in [-0.2, -0.15) is 0 Å². The monoisotopic (exact) mass is 544 g/mol. The number of nitrogens with zero attached hydrogens (tertiary/aromatic N) is 2. The molecular formula is C33H25BrN2O. The van der Waals surface area contributed by atoms with Gasteiger partial charge in [0.2, 0.25) is 0 Å². The van der Waals surface area contributed by atoms with E-state index in [1.165, 1.54) is 0 Å². The van der Waals surface area contributed by atoms with E-state index in [0.717, 1.165) is 56.0 Å². The lowest BCUT2D eigenvalue weighted by molar-refractivity contribution is 0.616. The molecule has 1 aliphatic rings. The fourth-order valence-electron chi connectivity index (χ4n) is 4.71. The number of rotatable bonds is 6. The Bertz CT molecular complexity index is 1630. The maximum Gasteiger partial charge on any atom is 0.136 e. The molecule has 0 aliphatic heterocycles. The topological polar surface area (TPSA) is 19.6 Å². The van der Waals surface area contributed by atoms with E-state index >= 15 is 0 Å². The van der Waals surface area contributed by atoms with Gasteiger partial charge in [-0.25, -0.2) is 0 Å². The van der Waals surface area contributed by atoms with Crippen molar-refractivity contribution in [2.24, 2.45) is 0 Å². The molecule has 1 aliphatic carbocycles. The molecule has 0 atom stereocenters. The van der Waals surface area contributed by atoms with Crippen LogP contribution in [0.25, 0.3) is 11.0 Å². The zero-order chi connectivity index (χ0) is 25.0. The van der Waals surface area contributed by atoms with E-state index in [0.29, 0.717) is 0 Å². The van der Waals surface area contributed by atoms with Gasteiger partial charge in [-0.05, 0) is 83.0 Å². The molecule has 5 aromatic rings. The summed E-state index contributed by atoms with van der Waals surface area (Å²) in [6, 6.07) is 35.6. The van der Waals surface area contributed by atoms with Crippen molar-refractivity contribution in [1.82, 2.24) is 0 Å². The first-order valence-electron chi connectivity index (χ1n) is 12.3. The first kappa shape index (κ1) is 23.1. The molecule has 6 rings (SSSR count). The quantitative estimate of drug-likeness (QED) is 0.212. The van der Waals surface area contributed by atoms with Crippen molar-refractivity contribution in [3.63, 3.8) is 0 Å². The minimum Gasteiger partial charge on any atom is -0.462 e. The molecular weight excluding hydrogens is 520 g/mol. The summed E-state index contributed by atoms with van der Waals surface area (Å²) >= 11 is 3.78. The van der Waals surface area contributed by atoms with Crippen molar-refractivity contribution < 1.29 is 4.42 Å². The van der Waals surface area contributed by atoms with E-state index in [9.17, 15) is 0 Å². The van der Waals surface area contributed by atoms with E-state index in [2.05, 4.69) is 135 Å². The molecule has 4 heteroatoms. The third-order valence-electron chi connectivity index (χ3n) is 6.39. The number of furan rings is 1. The van der Waals surface area contributed by atoms with Crippen molar-refractivity contribution in [1.29, 1.82) is 0 Å². The third-order valence-corrected chi connectivity index (χ3v) is 7.06. The Kier molecular flexibility index (Phi) is 6.49. The molecule has 0 amide bonds. The van der Waals surface area contributed by atoms with Crippen LogP contribution in [0.3, 0.4) is 0 Å². The lowest BCUT2D eigenvalue weighted by Crippen LogP contribution is -2.16. The first-order chi connectivity index (χ1) is 18.3. The van der Waals surface area contributed by atoms with Gasteiger partial charge in [0.1, 0.15) is 11.8 Å². The van der Waals surface area contributed by atoms with Crippen molar-refractivity contribution >= 4 is 55.3 Å². The van der Waals surface area contributed by atoms with Gasteiger partial charge in [-0.3, -0.25) is 0 Å². The van der Waals surface area contributed by atoms with Gasteiger partial charge in [-0.1, -0.05) is 72.8 Å². The Morgan fingerprint density at radius 1 is 0.649 bits per heavy atom. The van der Waals surface area contributed by atoms with Crippen molar-refractivity contribution in [3.05, 3.63) is 150 Å². The van der Waals surface area contributed by atoms with Crippen LogP contribution in [0.1, 0.15) is 6.42 Å². The first-order valence-corrected chi connectivity index (χ1v) is 13.1. The Hall–Kier alpha value is -4.28. The van der Waals surface area contributed by atoms with Gasteiger partial charge >= 0.3 is 0 Å². The fraction of sp³-hybridized carbons (Fsp3) is 0.0303. The highest BCUT2D eigenvalue weighted by Gasteiger charge is 2.21. The zero-order valence-corrected chi connectivity index (χ0v) is 21.8. The molecule has 0 spiro atoms. The van der Waals surface area contributed by atoms with E-state index in [1.54, 1.807) is 0 Å². The second kappa shape index (κ2) is 10.4. The summed E-state index contributed by atoms with van der Waals surface area (Å²) in [5.74, 6) is 0. The molecule has 1 aromatic heterocycles. The molecule has 0 unspecified atom stereocenters. The van der Waals surface area contributed by atoms with Crippen molar-refractivity contribution in [2.45, 2.75) is 6.42 Å². The van der Waals surface area contributed by atoms with Crippen LogP contribution in [-0.2, 0) is 0 Å². The van der Waals surface area contributed by atoms with Gasteiger partial charge in [-0.15, -0.1) is 0 Å². The number of halogens is 1. The van der Waals surface area contributed by atoms with Crippen LogP contribution in [0, 0.1) is 0 Å². The largest absolute Gasteiger partial charge is 0.462 e. The molecule has 4 aromatic carbocycles. The number of anilines is 5. The number of hydrogen-bond acceptors (Lipinski definition) is 3. The van der Waals surface area contributed by atoms with Gasteiger partial charge in [0, 0.05) is 32.6 Å². The highest BCUT2D eigenvalue weighted by atomic mass is 79.9. The zero-order valence-electron chi connectivity index (χ0n) is 20.2. The average Bonchev–Trinajstić information content (AvgIpc) is 3.17. The predicted molar refractivity (Wildman–Crippen MR) is 158 cm³/mol. The van der Waals surface area contributed by atoms with Crippen LogP contribution in [0.5, 0.6) is 0 Å². The highest BCUT2D eigenvalue weighted by molar-refractivity contribution is 9.10. The Labute approximate surface area is 225 Å². The summed E-state index contributed by atoms with van der Waals surface area (Å²) in [5.41, 5.74) is 7.25. The van der Waals surface area contributed by atoms with Crippen LogP contribution in [0.4, 0.5) is 28.4 Å². The highest BCUT2D eigenvalue weighted by Crippen LogP contribution is 2.43. The predicted octanol–water partition coefficient (Wildman–Crippen LogP) is 10.2. The number of fused-ring (bicyclic) bond motifs is 1. The molecule has 0 radical (unpaired) electrons. The molecule has 1 heterocycles. The van der Waals surface area contributed by atoms with E-state index < -0.39 is 0 Å². The summed E-state index contributed by atoms with van der Waals surface area (Å²) in [5, 5.41) is 1.07. The smallest absolute Gasteiger partial charge is 0.136 e. The summed E-state index contributed by atoms with van der Waals surface area (Å²) in [6.07, 6.45) is 13.5. The van der Waals surface area contributed by atoms with Crippen LogP contribution in [0.15, 0.2) is 154 Å². The second-order valence-electron chi connectivity index (χ2n) is 8.75. The third kappa shape index (κ3) is 4.64. The average molecular weight is 545 g/mol. The van der Waals surface area contributed by atoms with Gasteiger partial charge in [0.05, 0.1) is 11.4 Å². The van der Waals surface area contributed by atoms with Gasteiger partial charge in [0.15, 0.2) is 0 Å². The van der Waals surface area contributed by atoms with Gasteiger partial charge < -0.3 is 14.2 Å². The van der Waals surface area contributed by atoms with Crippen molar-refractivity contribution in [3.8, 4) is 0 Å². The van der Waals surface area contributed by atoms with E-state index in [1.807, 2.05) is 30.5 Å². The minimum atomic E-state index is 0.863. The van der Waals surface area contributed by atoms with E-state index in [4.69, 9.17) is 4.42 Å². The van der Waals surface area contributed by atoms with Crippen LogP contribution in [0.2, 0.25) is 0 Å². The summed E-state index contributed by atoms with van der Waals surface area (Å²) in [7, 11) is 0. The van der Waals surface area contributed by atoms with Crippen LogP contribution in [-0.4, -0.2) is 0 Å². The van der Waals surface area contributed by atoms with E-state index in [-0.39, 0.29) is 0 Å². The summed E-state index contributed by atoms with van der Waals surface area (Å²) < 4.78 is 7.01. The molecule has 0 N–H and O–H groups in total. The van der Waals surface area contributed by atoms with Crippen molar-refractivity contribution in [2.75, 3.05) is 9.80 Å². The summed E-state index contributed by atoms with van der Waals surface area (Å²) in [4.78, 5) is 4.56. The Balaban J connectivity index is 1.53. The SMILES string of the molecule is Brc1ccccc1N(c1ccccc1)c1cccc(N(C2=CCC=CC=C2)c2coc3ccccc23)c1. The lowest BCUT2D eigenvalue weighted by Gasteiger charge is -2.29. The number of hydrogen-bond donors (Lipinski definition) is 0. The maximum atomic E-state index is 5.98. The number of para-hydroxylation sites is 3. The molecule has 37 heavy (non-hydrogen) atoms. The Morgan fingerprint density at radius 3 is 2.24 bits per heavy atom. The second-order valence-corrected chi connectivity index (χ2v) is 9.60. The number of benzene rings is 4. The number of allylic oxidation sites excluding steroid dienone is 5. The fourth-order valence-corrected chi connectivity index (χ4v) is 5.17. The van der Waals surface area contributed by atoms with Crippen LogP contribution >= 0.6 is 15.9 Å². The normalized spacial score (nSPS) is 12.8. The summed E-state index contributed by atoms with van der Waals surface area (Å²) in [6.45, 7) is 0. The lowest BCUT2D eigenvalue weighted by atomic mass is 10.1. The molecule has 0 bridgehead atoms. The minimum absolute atomic E-state index is 0.863. The molecule has 180 valence electrons. The standard InChI is InChI=1S/C33H25BrN2O/c34-30-20-9-10-21-31(30)35(25-15-6-3-7-16-25)27-17-12-18-28(23-27)36(26-13-4-1-2-5-14-26)32-24-37-33-22-11-8-19-29(32)33/h1-4,6-24H,5H2. The maximum absolute atomic E-state index is 5.98. The molecule has 0 saturated carbocycles. The van der Waals surface area contributed by atoms with Gasteiger partial charge in [0.25, 0.3) is 0 Å². The Morgan fingerprint density at radius 2 is 1.38 bits per heavy atom.